The molecule has 0 aliphatic carbocycles. The first-order valence-corrected chi connectivity index (χ1v) is 10.9. The minimum atomic E-state index is -0.276. The van der Waals surface area contributed by atoms with Gasteiger partial charge in [-0.05, 0) is 25.1 Å². The normalized spacial score (nSPS) is 16.2. The molecular formula is C22H23Cl2N5O2. The van der Waals surface area contributed by atoms with Crippen molar-refractivity contribution in [2.45, 2.75) is 19.5 Å². The number of halogens is 2. The van der Waals surface area contributed by atoms with Crippen LogP contribution in [0.4, 0.5) is 5.69 Å². The number of aromatic nitrogens is 2. The van der Waals surface area contributed by atoms with Gasteiger partial charge in [-0.15, -0.1) is 0 Å². The van der Waals surface area contributed by atoms with E-state index in [0.29, 0.717) is 34.0 Å². The standard InChI is InChI=1S/C22H23Cl2N5O2/c1-15(22(30)25-19-8-7-17(23)13-18(19)24)29-11-9-28(10-12-29)14-20-26-21(27-31-20)16-5-3-2-4-6-16/h2-8,13,15H,9-12,14H2,1H3,(H,25,30)/t15-/m1/s1. The van der Waals surface area contributed by atoms with Crippen LogP contribution in [-0.4, -0.2) is 58.1 Å². The molecule has 0 radical (unpaired) electrons. The number of benzene rings is 2. The van der Waals surface area contributed by atoms with Gasteiger partial charge in [0.05, 0.1) is 23.3 Å². The summed E-state index contributed by atoms with van der Waals surface area (Å²) in [7, 11) is 0. The highest BCUT2D eigenvalue weighted by Gasteiger charge is 2.26. The third-order valence-corrected chi connectivity index (χ3v) is 5.93. The van der Waals surface area contributed by atoms with Gasteiger partial charge in [-0.25, -0.2) is 0 Å². The first-order valence-electron chi connectivity index (χ1n) is 10.1. The quantitative estimate of drug-likeness (QED) is 0.595. The molecule has 0 bridgehead atoms. The number of anilines is 1. The third-order valence-electron chi connectivity index (χ3n) is 5.38. The molecule has 162 valence electrons. The number of carbonyl (C=O) groups excluding carboxylic acids is 1. The lowest BCUT2D eigenvalue weighted by Gasteiger charge is -2.36. The fourth-order valence-electron chi connectivity index (χ4n) is 3.52. The van der Waals surface area contributed by atoms with Crippen molar-refractivity contribution in [1.29, 1.82) is 0 Å². The average molecular weight is 460 g/mol. The maximum atomic E-state index is 12.7. The van der Waals surface area contributed by atoms with E-state index < -0.39 is 0 Å². The van der Waals surface area contributed by atoms with Crippen LogP contribution in [0.2, 0.25) is 10.0 Å². The summed E-state index contributed by atoms with van der Waals surface area (Å²) in [5, 5.41) is 7.92. The van der Waals surface area contributed by atoms with Gasteiger partial charge in [-0.1, -0.05) is 58.7 Å². The second-order valence-corrected chi connectivity index (χ2v) is 8.32. The van der Waals surface area contributed by atoms with Gasteiger partial charge >= 0.3 is 0 Å². The van der Waals surface area contributed by atoms with Crippen molar-refractivity contribution in [3.05, 3.63) is 64.5 Å². The Hall–Kier alpha value is -2.45. The van der Waals surface area contributed by atoms with E-state index in [4.69, 9.17) is 27.7 Å². The third kappa shape index (κ3) is 5.43. The van der Waals surface area contributed by atoms with E-state index in [1.54, 1.807) is 18.2 Å². The first-order chi connectivity index (χ1) is 15.0. The molecule has 1 aliphatic rings. The molecule has 1 N–H and O–H groups in total. The Morgan fingerprint density at radius 1 is 1.13 bits per heavy atom. The molecular weight excluding hydrogens is 437 g/mol. The minimum absolute atomic E-state index is 0.0953. The van der Waals surface area contributed by atoms with Crippen molar-refractivity contribution in [1.82, 2.24) is 19.9 Å². The number of amides is 1. The topological polar surface area (TPSA) is 74.5 Å². The smallest absolute Gasteiger partial charge is 0.241 e. The Labute approximate surface area is 190 Å². The second-order valence-electron chi connectivity index (χ2n) is 7.48. The van der Waals surface area contributed by atoms with Gasteiger partial charge in [0.15, 0.2) is 0 Å². The summed E-state index contributed by atoms with van der Waals surface area (Å²) in [6.45, 7) is 5.64. The van der Waals surface area contributed by atoms with E-state index >= 15 is 0 Å². The Morgan fingerprint density at radius 3 is 2.58 bits per heavy atom. The summed E-state index contributed by atoms with van der Waals surface area (Å²) < 4.78 is 5.42. The van der Waals surface area contributed by atoms with Crippen LogP contribution in [0.3, 0.4) is 0 Å². The van der Waals surface area contributed by atoms with Gasteiger partial charge in [-0.3, -0.25) is 14.6 Å². The van der Waals surface area contributed by atoms with E-state index in [-0.39, 0.29) is 11.9 Å². The van der Waals surface area contributed by atoms with Crippen LogP contribution >= 0.6 is 23.2 Å². The number of hydrogen-bond acceptors (Lipinski definition) is 6. The van der Waals surface area contributed by atoms with Crippen molar-refractivity contribution >= 4 is 34.8 Å². The fourth-order valence-corrected chi connectivity index (χ4v) is 3.97. The molecule has 1 aliphatic heterocycles. The van der Waals surface area contributed by atoms with Crippen LogP contribution in [-0.2, 0) is 11.3 Å². The summed E-state index contributed by atoms with van der Waals surface area (Å²) in [6, 6.07) is 14.5. The SMILES string of the molecule is C[C@H](C(=O)Nc1ccc(Cl)cc1Cl)N1CCN(Cc2nc(-c3ccccc3)no2)CC1. The molecule has 4 rings (SSSR count). The predicted molar refractivity (Wildman–Crippen MR) is 121 cm³/mol. The Bertz CT molecular complexity index is 1040. The average Bonchev–Trinajstić information content (AvgIpc) is 3.25. The van der Waals surface area contributed by atoms with E-state index in [1.807, 2.05) is 37.3 Å². The molecule has 7 nitrogen and oxygen atoms in total. The molecule has 1 fully saturated rings. The number of nitrogens with one attached hydrogen (secondary N) is 1. The van der Waals surface area contributed by atoms with Gasteiger partial charge in [0.1, 0.15) is 0 Å². The molecule has 2 heterocycles. The molecule has 1 atom stereocenters. The molecule has 0 saturated carbocycles. The van der Waals surface area contributed by atoms with Gasteiger partial charge in [0, 0.05) is 36.8 Å². The second kappa shape index (κ2) is 9.78. The minimum Gasteiger partial charge on any atom is -0.338 e. The van der Waals surface area contributed by atoms with Gasteiger partial charge in [0.2, 0.25) is 17.6 Å². The molecule has 9 heteroatoms. The van der Waals surface area contributed by atoms with Crippen molar-refractivity contribution in [3.8, 4) is 11.4 Å². The molecule has 3 aromatic rings. The Kier molecular flexibility index (Phi) is 6.87. The predicted octanol–water partition coefficient (Wildman–Crippen LogP) is 4.19. The summed E-state index contributed by atoms with van der Waals surface area (Å²) in [5.74, 6) is 1.10. The largest absolute Gasteiger partial charge is 0.338 e. The Balaban J connectivity index is 1.28. The lowest BCUT2D eigenvalue weighted by molar-refractivity contribution is -0.121. The summed E-state index contributed by atoms with van der Waals surface area (Å²) in [5.41, 5.74) is 1.50. The van der Waals surface area contributed by atoms with Gasteiger partial charge in [0.25, 0.3) is 0 Å². The zero-order valence-corrected chi connectivity index (χ0v) is 18.6. The molecule has 1 aromatic heterocycles. The maximum absolute atomic E-state index is 12.7. The summed E-state index contributed by atoms with van der Waals surface area (Å²) in [4.78, 5) is 21.6. The van der Waals surface area contributed by atoms with Crippen molar-refractivity contribution in [3.63, 3.8) is 0 Å². The van der Waals surface area contributed by atoms with Gasteiger partial charge in [-0.2, -0.15) is 4.98 Å². The van der Waals surface area contributed by atoms with Crippen LogP contribution < -0.4 is 5.32 Å². The van der Waals surface area contributed by atoms with E-state index in [0.717, 1.165) is 31.7 Å². The lowest BCUT2D eigenvalue weighted by atomic mass is 10.2. The number of piperazine rings is 1. The Morgan fingerprint density at radius 2 is 1.87 bits per heavy atom. The highest BCUT2D eigenvalue weighted by atomic mass is 35.5. The van der Waals surface area contributed by atoms with Crippen molar-refractivity contribution in [2.24, 2.45) is 0 Å². The molecule has 0 unspecified atom stereocenters. The van der Waals surface area contributed by atoms with Crippen LogP contribution in [0, 0.1) is 0 Å². The monoisotopic (exact) mass is 459 g/mol. The van der Waals surface area contributed by atoms with E-state index in [2.05, 4.69) is 25.3 Å². The van der Waals surface area contributed by atoms with E-state index in [1.165, 1.54) is 0 Å². The molecule has 1 amide bonds. The summed E-state index contributed by atoms with van der Waals surface area (Å²) in [6.07, 6.45) is 0. The van der Waals surface area contributed by atoms with Crippen molar-refractivity contribution in [2.75, 3.05) is 31.5 Å². The van der Waals surface area contributed by atoms with Crippen molar-refractivity contribution < 1.29 is 9.32 Å². The van der Waals surface area contributed by atoms with Crippen LogP contribution in [0.1, 0.15) is 12.8 Å². The summed E-state index contributed by atoms with van der Waals surface area (Å²) >= 11 is 12.1. The molecule has 2 aromatic carbocycles. The van der Waals surface area contributed by atoms with Crippen LogP contribution in [0.5, 0.6) is 0 Å². The maximum Gasteiger partial charge on any atom is 0.241 e. The number of carbonyl (C=O) groups is 1. The zero-order valence-electron chi connectivity index (χ0n) is 17.1. The lowest BCUT2D eigenvalue weighted by Crippen LogP contribution is -2.52. The molecule has 1 saturated heterocycles. The fraction of sp³-hybridized carbons (Fsp3) is 0.318. The number of nitrogens with zero attached hydrogens (tertiary/aromatic N) is 4. The first kappa shape index (κ1) is 21.8. The van der Waals surface area contributed by atoms with Crippen LogP contribution in [0.15, 0.2) is 53.1 Å². The van der Waals surface area contributed by atoms with Crippen LogP contribution in [0.25, 0.3) is 11.4 Å². The highest BCUT2D eigenvalue weighted by Crippen LogP contribution is 2.26. The number of hydrogen-bond donors (Lipinski definition) is 1. The number of rotatable bonds is 6. The van der Waals surface area contributed by atoms with Gasteiger partial charge < -0.3 is 9.84 Å². The highest BCUT2D eigenvalue weighted by molar-refractivity contribution is 6.36. The molecule has 0 spiro atoms. The molecule has 31 heavy (non-hydrogen) atoms. The van der Waals surface area contributed by atoms with E-state index in [9.17, 15) is 4.79 Å². The zero-order chi connectivity index (χ0) is 21.8.